The Morgan fingerprint density at radius 3 is 2.52 bits per heavy atom. The summed E-state index contributed by atoms with van der Waals surface area (Å²) in [6.07, 6.45) is 1.25. The molecule has 2 N–H and O–H groups in total. The molecule has 0 atom stereocenters. The highest BCUT2D eigenvalue weighted by atomic mass is 35.5. The van der Waals surface area contributed by atoms with Crippen LogP contribution >= 0.6 is 12.4 Å². The van der Waals surface area contributed by atoms with E-state index in [2.05, 4.69) is 33.8 Å². The first-order valence-electron chi connectivity index (χ1n) is 8.94. The molecule has 0 unspecified atom stereocenters. The smallest absolute Gasteiger partial charge is 0.195 e. The van der Waals surface area contributed by atoms with E-state index >= 15 is 0 Å². The van der Waals surface area contributed by atoms with Crippen molar-refractivity contribution >= 4 is 40.6 Å². The van der Waals surface area contributed by atoms with Crippen molar-refractivity contribution < 1.29 is 4.79 Å². The fraction of sp³-hybridized carbons (Fsp3) is 0.182. The second-order valence-electron chi connectivity index (χ2n) is 6.46. The number of hydrogen-bond donors (Lipinski definition) is 2. The number of benzene rings is 3. The molecule has 1 heterocycles. The van der Waals surface area contributed by atoms with Crippen LogP contribution < -0.4 is 10.6 Å². The molecule has 4 nitrogen and oxygen atoms in total. The van der Waals surface area contributed by atoms with Gasteiger partial charge in [0.15, 0.2) is 11.7 Å². The molecule has 0 amide bonds. The SMILES string of the molecule is Cl.O=C(CCc1ccc(NC2=NCCN2)cc1)c1ccc2ccccc2c1. The van der Waals surface area contributed by atoms with Crippen LogP contribution in [-0.2, 0) is 6.42 Å². The van der Waals surface area contributed by atoms with Gasteiger partial charge in [-0.1, -0.05) is 48.5 Å². The van der Waals surface area contributed by atoms with Crippen LogP contribution in [0.15, 0.2) is 71.7 Å². The lowest BCUT2D eigenvalue weighted by molar-refractivity contribution is 0.0983. The van der Waals surface area contributed by atoms with Gasteiger partial charge < -0.3 is 10.6 Å². The lowest BCUT2D eigenvalue weighted by atomic mass is 10.00. The maximum absolute atomic E-state index is 12.5. The van der Waals surface area contributed by atoms with E-state index in [1.54, 1.807) is 0 Å². The quantitative estimate of drug-likeness (QED) is 0.644. The summed E-state index contributed by atoms with van der Waals surface area (Å²) in [7, 11) is 0. The van der Waals surface area contributed by atoms with Crippen LogP contribution in [-0.4, -0.2) is 24.8 Å². The summed E-state index contributed by atoms with van der Waals surface area (Å²) in [5.74, 6) is 1.01. The topological polar surface area (TPSA) is 53.5 Å². The number of hydrogen-bond acceptors (Lipinski definition) is 4. The Morgan fingerprint density at radius 1 is 1.00 bits per heavy atom. The highest BCUT2D eigenvalue weighted by Gasteiger charge is 2.08. The molecule has 0 saturated heterocycles. The second kappa shape index (κ2) is 8.69. The van der Waals surface area contributed by atoms with Crippen molar-refractivity contribution in [1.82, 2.24) is 5.32 Å². The first kappa shape index (κ1) is 18.9. The second-order valence-corrected chi connectivity index (χ2v) is 6.46. The van der Waals surface area contributed by atoms with Gasteiger partial charge in [0.1, 0.15) is 0 Å². The predicted octanol–water partition coefficient (Wildman–Crippen LogP) is 4.45. The van der Waals surface area contributed by atoms with E-state index in [9.17, 15) is 4.79 Å². The van der Waals surface area contributed by atoms with E-state index in [-0.39, 0.29) is 18.2 Å². The molecule has 0 bridgehead atoms. The molecule has 3 aromatic carbocycles. The average Bonchev–Trinajstić information content (AvgIpc) is 3.20. The summed E-state index contributed by atoms with van der Waals surface area (Å²) in [5.41, 5.74) is 2.95. The van der Waals surface area contributed by atoms with Crippen molar-refractivity contribution in [3.8, 4) is 0 Å². The maximum Gasteiger partial charge on any atom is 0.195 e. The highest BCUT2D eigenvalue weighted by molar-refractivity contribution is 6.00. The minimum Gasteiger partial charge on any atom is -0.354 e. The molecule has 4 rings (SSSR count). The van der Waals surface area contributed by atoms with Gasteiger partial charge in [-0.3, -0.25) is 9.79 Å². The van der Waals surface area contributed by atoms with E-state index < -0.39 is 0 Å². The Hall–Kier alpha value is -2.85. The zero-order chi connectivity index (χ0) is 17.8. The molecule has 0 radical (unpaired) electrons. The molecule has 27 heavy (non-hydrogen) atoms. The number of carbonyl (C=O) groups is 1. The number of halogens is 1. The summed E-state index contributed by atoms with van der Waals surface area (Å²) >= 11 is 0. The lowest BCUT2D eigenvalue weighted by Crippen LogP contribution is -2.26. The Bertz CT molecular complexity index is 967. The van der Waals surface area contributed by atoms with Crippen LogP contribution in [0.3, 0.4) is 0 Å². The minimum absolute atomic E-state index is 0. The summed E-state index contributed by atoms with van der Waals surface area (Å²) in [5, 5.41) is 8.70. The van der Waals surface area contributed by atoms with Crippen molar-refractivity contribution in [1.29, 1.82) is 0 Å². The maximum atomic E-state index is 12.5. The normalized spacial score (nSPS) is 12.8. The molecule has 5 heteroatoms. The molecule has 1 aliphatic rings. The number of nitrogens with one attached hydrogen (secondary N) is 2. The number of carbonyl (C=O) groups excluding carboxylic acids is 1. The van der Waals surface area contributed by atoms with Gasteiger partial charge in [-0.2, -0.15) is 0 Å². The Labute approximate surface area is 165 Å². The third-order valence-corrected chi connectivity index (χ3v) is 4.60. The van der Waals surface area contributed by atoms with Crippen LogP contribution in [0.2, 0.25) is 0 Å². The van der Waals surface area contributed by atoms with Crippen molar-refractivity contribution in [2.45, 2.75) is 12.8 Å². The van der Waals surface area contributed by atoms with Gasteiger partial charge in [0.05, 0.1) is 6.54 Å². The molecule has 0 spiro atoms. The van der Waals surface area contributed by atoms with Crippen molar-refractivity contribution in [2.75, 3.05) is 18.4 Å². The third kappa shape index (κ3) is 4.66. The van der Waals surface area contributed by atoms with Gasteiger partial charge in [0, 0.05) is 24.2 Å². The number of nitrogens with zero attached hydrogens (tertiary/aromatic N) is 1. The number of aryl methyl sites for hydroxylation is 1. The number of aliphatic imine (C=N–C) groups is 1. The largest absolute Gasteiger partial charge is 0.354 e. The summed E-state index contributed by atoms with van der Waals surface area (Å²) < 4.78 is 0. The molecule has 1 aliphatic heterocycles. The standard InChI is InChI=1S/C22H21N3O.ClH/c26-21(19-9-8-17-3-1-2-4-18(17)15-19)12-7-16-5-10-20(11-6-16)25-22-23-13-14-24-22;/h1-6,8-11,15H,7,12-14H2,(H2,23,24,25);1H. The molecule has 0 fully saturated rings. The zero-order valence-corrected chi connectivity index (χ0v) is 15.8. The van der Waals surface area contributed by atoms with E-state index in [4.69, 9.17) is 0 Å². The first-order chi connectivity index (χ1) is 12.8. The average molecular weight is 380 g/mol. The molecular weight excluding hydrogens is 358 g/mol. The molecule has 138 valence electrons. The number of ketones is 1. The van der Waals surface area contributed by atoms with E-state index in [0.29, 0.717) is 6.42 Å². The van der Waals surface area contributed by atoms with Crippen molar-refractivity contribution in [3.05, 3.63) is 77.9 Å². The molecule has 0 aromatic heterocycles. The van der Waals surface area contributed by atoms with Crippen molar-refractivity contribution in [3.63, 3.8) is 0 Å². The monoisotopic (exact) mass is 379 g/mol. The van der Waals surface area contributed by atoms with Gasteiger partial charge >= 0.3 is 0 Å². The number of Topliss-reactive ketones (excluding diaryl/α,β-unsaturated/α-hetero) is 1. The van der Waals surface area contributed by atoms with Gasteiger partial charge in [-0.25, -0.2) is 0 Å². The van der Waals surface area contributed by atoms with Crippen LogP contribution in [0.1, 0.15) is 22.3 Å². The molecule has 0 saturated carbocycles. The molecule has 3 aromatic rings. The number of rotatable bonds is 5. The predicted molar refractivity (Wildman–Crippen MR) is 114 cm³/mol. The van der Waals surface area contributed by atoms with E-state index in [1.165, 1.54) is 0 Å². The zero-order valence-electron chi connectivity index (χ0n) is 14.9. The first-order valence-corrected chi connectivity index (χ1v) is 8.94. The van der Waals surface area contributed by atoms with Gasteiger partial charge in [0.25, 0.3) is 0 Å². The van der Waals surface area contributed by atoms with E-state index in [0.717, 1.165) is 53.1 Å². The van der Waals surface area contributed by atoms with Gasteiger partial charge in [-0.05, 0) is 41.0 Å². The highest BCUT2D eigenvalue weighted by Crippen LogP contribution is 2.18. The fourth-order valence-electron chi connectivity index (χ4n) is 3.14. The van der Waals surface area contributed by atoms with Crippen molar-refractivity contribution in [2.24, 2.45) is 4.99 Å². The number of fused-ring (bicyclic) bond motifs is 1. The Balaban J connectivity index is 0.00000210. The lowest BCUT2D eigenvalue weighted by Gasteiger charge is -2.08. The molecule has 0 aliphatic carbocycles. The number of guanidine groups is 1. The van der Waals surface area contributed by atoms with E-state index in [1.807, 2.05) is 48.5 Å². The summed E-state index contributed by atoms with van der Waals surface area (Å²) in [6, 6.07) is 22.2. The van der Waals surface area contributed by atoms with Crippen LogP contribution in [0.5, 0.6) is 0 Å². The van der Waals surface area contributed by atoms with Gasteiger partial charge in [0.2, 0.25) is 0 Å². The Morgan fingerprint density at radius 2 is 1.78 bits per heavy atom. The van der Waals surface area contributed by atoms with Gasteiger partial charge in [-0.15, -0.1) is 12.4 Å². The summed E-state index contributed by atoms with van der Waals surface area (Å²) in [4.78, 5) is 16.8. The molecular formula is C22H22ClN3O. The van der Waals surface area contributed by atoms with Crippen LogP contribution in [0.4, 0.5) is 5.69 Å². The minimum atomic E-state index is 0. The summed E-state index contributed by atoms with van der Waals surface area (Å²) in [6.45, 7) is 1.70. The van der Waals surface area contributed by atoms with Crippen LogP contribution in [0, 0.1) is 0 Å². The number of anilines is 1. The fourth-order valence-corrected chi connectivity index (χ4v) is 3.14. The van der Waals surface area contributed by atoms with Crippen LogP contribution in [0.25, 0.3) is 10.8 Å². The Kier molecular flexibility index (Phi) is 6.09. The third-order valence-electron chi connectivity index (χ3n) is 4.60.